The molecule has 1 N–H and O–H groups in total. The van der Waals surface area contributed by atoms with Gasteiger partial charge < -0.3 is 14.8 Å². The summed E-state index contributed by atoms with van der Waals surface area (Å²) in [6.07, 6.45) is 0. The van der Waals surface area contributed by atoms with Crippen molar-refractivity contribution in [3.8, 4) is 27.9 Å². The van der Waals surface area contributed by atoms with Crippen LogP contribution in [0.4, 0.5) is 5.82 Å². The molecule has 2 aromatic heterocycles. The Morgan fingerprint density at radius 3 is 2.59 bits per heavy atom. The van der Waals surface area contributed by atoms with Crippen molar-refractivity contribution in [3.05, 3.63) is 83.4 Å². The van der Waals surface area contributed by atoms with Crippen LogP contribution in [0.15, 0.2) is 72.1 Å². The average molecular weight is 471 g/mol. The smallest absolute Gasteiger partial charge is 0.257 e. The van der Waals surface area contributed by atoms with Gasteiger partial charge in [-0.25, -0.2) is 4.98 Å². The molecule has 2 heterocycles. The minimum atomic E-state index is -0.199. The summed E-state index contributed by atoms with van der Waals surface area (Å²) >= 11 is 1.44. The molecule has 5 aromatic rings. The summed E-state index contributed by atoms with van der Waals surface area (Å²) < 4.78 is 12.4. The number of anilines is 1. The van der Waals surface area contributed by atoms with E-state index in [9.17, 15) is 4.79 Å². The summed E-state index contributed by atoms with van der Waals surface area (Å²) in [5, 5.41) is 12.1. The number of ether oxygens (including phenoxy) is 2. The Morgan fingerprint density at radius 1 is 0.971 bits per heavy atom. The molecule has 0 radical (unpaired) electrons. The Morgan fingerprint density at radius 2 is 1.76 bits per heavy atom. The molecule has 0 aliphatic rings. The lowest BCUT2D eigenvalue weighted by molar-refractivity contribution is 0.102. The van der Waals surface area contributed by atoms with Crippen LogP contribution in [0.25, 0.3) is 27.2 Å². The zero-order valence-corrected chi connectivity index (χ0v) is 19.7. The van der Waals surface area contributed by atoms with E-state index in [4.69, 9.17) is 14.5 Å². The molecule has 8 heteroatoms. The maximum Gasteiger partial charge on any atom is 0.257 e. The van der Waals surface area contributed by atoms with Crippen molar-refractivity contribution in [1.82, 2.24) is 14.8 Å². The molecular formula is C26H22N4O3S. The summed E-state index contributed by atoms with van der Waals surface area (Å²) in [5.41, 5.74) is 3.05. The molecule has 0 spiro atoms. The van der Waals surface area contributed by atoms with Crippen molar-refractivity contribution >= 4 is 33.8 Å². The molecular weight excluding hydrogens is 448 g/mol. The van der Waals surface area contributed by atoms with E-state index in [0.29, 0.717) is 28.0 Å². The molecule has 0 saturated carbocycles. The number of amides is 1. The van der Waals surface area contributed by atoms with Gasteiger partial charge in [0.2, 0.25) is 5.13 Å². The second-order valence-electron chi connectivity index (χ2n) is 7.65. The largest absolute Gasteiger partial charge is 0.493 e. The first-order chi connectivity index (χ1) is 16.6. The van der Waals surface area contributed by atoms with Gasteiger partial charge in [-0.1, -0.05) is 36.4 Å². The fourth-order valence-corrected chi connectivity index (χ4v) is 4.63. The van der Waals surface area contributed by atoms with Crippen LogP contribution in [0.3, 0.4) is 0 Å². The lowest BCUT2D eigenvalue weighted by atomic mass is 10.0. The van der Waals surface area contributed by atoms with Gasteiger partial charge in [0.05, 0.1) is 25.6 Å². The fourth-order valence-electron chi connectivity index (χ4n) is 3.83. The number of aryl methyl sites for hydroxylation is 1. The van der Waals surface area contributed by atoms with Crippen molar-refractivity contribution in [1.29, 1.82) is 0 Å². The first-order valence-electron chi connectivity index (χ1n) is 10.6. The molecule has 0 atom stereocenters. The van der Waals surface area contributed by atoms with Crippen LogP contribution in [0.5, 0.6) is 11.5 Å². The SMILES string of the molecule is COc1ccc(-c2csc(-n3nc(C)cc3NC(=O)c3cccc4ccccc34)n2)cc1OC. The van der Waals surface area contributed by atoms with E-state index in [0.717, 1.165) is 27.7 Å². The molecule has 34 heavy (non-hydrogen) atoms. The van der Waals surface area contributed by atoms with Crippen LogP contribution in [0.1, 0.15) is 16.1 Å². The number of fused-ring (bicyclic) bond motifs is 1. The zero-order valence-electron chi connectivity index (χ0n) is 18.9. The maximum atomic E-state index is 13.2. The van der Waals surface area contributed by atoms with Gasteiger partial charge in [-0.05, 0) is 42.0 Å². The summed E-state index contributed by atoms with van der Waals surface area (Å²) in [5.74, 6) is 1.65. The third-order valence-electron chi connectivity index (χ3n) is 5.46. The highest BCUT2D eigenvalue weighted by atomic mass is 32.1. The van der Waals surface area contributed by atoms with Crippen molar-refractivity contribution < 1.29 is 14.3 Å². The van der Waals surface area contributed by atoms with Gasteiger partial charge in [0.25, 0.3) is 5.91 Å². The number of nitrogens with one attached hydrogen (secondary N) is 1. The topological polar surface area (TPSA) is 78.3 Å². The Labute approximate surface area is 200 Å². The van der Waals surface area contributed by atoms with E-state index in [2.05, 4.69) is 10.4 Å². The van der Waals surface area contributed by atoms with Gasteiger partial charge in [-0.3, -0.25) is 4.79 Å². The Hall–Kier alpha value is -4.17. The Kier molecular flexibility index (Phi) is 5.73. The number of methoxy groups -OCH3 is 2. The first-order valence-corrected chi connectivity index (χ1v) is 11.5. The molecule has 5 rings (SSSR count). The molecule has 0 aliphatic carbocycles. The van der Waals surface area contributed by atoms with E-state index in [1.54, 1.807) is 18.9 Å². The van der Waals surface area contributed by atoms with Crippen molar-refractivity contribution in [2.45, 2.75) is 6.92 Å². The van der Waals surface area contributed by atoms with Gasteiger partial charge in [0.1, 0.15) is 5.82 Å². The molecule has 0 aliphatic heterocycles. The second kappa shape index (κ2) is 8.99. The zero-order chi connectivity index (χ0) is 23.7. The summed E-state index contributed by atoms with van der Waals surface area (Å²) in [7, 11) is 3.21. The van der Waals surface area contributed by atoms with E-state index >= 15 is 0 Å². The molecule has 170 valence electrons. The maximum absolute atomic E-state index is 13.2. The van der Waals surface area contributed by atoms with Crippen LogP contribution < -0.4 is 14.8 Å². The van der Waals surface area contributed by atoms with Gasteiger partial charge in [0, 0.05) is 22.6 Å². The minimum absolute atomic E-state index is 0.199. The van der Waals surface area contributed by atoms with Gasteiger partial charge in [-0.15, -0.1) is 11.3 Å². The second-order valence-corrected chi connectivity index (χ2v) is 8.49. The number of thiazole rings is 1. The lowest BCUT2D eigenvalue weighted by Crippen LogP contribution is -2.15. The number of carbonyl (C=O) groups excluding carboxylic acids is 1. The van der Waals surface area contributed by atoms with E-state index in [1.165, 1.54) is 11.3 Å². The highest BCUT2D eigenvalue weighted by Crippen LogP contribution is 2.33. The van der Waals surface area contributed by atoms with Crippen LogP contribution in [-0.4, -0.2) is 34.9 Å². The fraction of sp³-hybridized carbons (Fsp3) is 0.115. The summed E-state index contributed by atoms with van der Waals surface area (Å²) in [6, 6.07) is 21.0. The number of benzene rings is 3. The van der Waals surface area contributed by atoms with E-state index < -0.39 is 0 Å². The van der Waals surface area contributed by atoms with E-state index in [-0.39, 0.29) is 5.91 Å². The Balaban J connectivity index is 1.46. The van der Waals surface area contributed by atoms with Gasteiger partial charge in [0.15, 0.2) is 11.5 Å². The predicted molar refractivity (Wildman–Crippen MR) is 134 cm³/mol. The highest BCUT2D eigenvalue weighted by molar-refractivity contribution is 7.12. The predicted octanol–water partition coefficient (Wildman–Crippen LogP) is 5.73. The number of aromatic nitrogens is 3. The van der Waals surface area contributed by atoms with Gasteiger partial charge >= 0.3 is 0 Å². The number of hydrogen-bond donors (Lipinski definition) is 1. The highest BCUT2D eigenvalue weighted by Gasteiger charge is 2.17. The number of carbonyl (C=O) groups is 1. The first kappa shape index (κ1) is 21.7. The molecule has 0 saturated heterocycles. The quantitative estimate of drug-likeness (QED) is 0.343. The van der Waals surface area contributed by atoms with Gasteiger partial charge in [-0.2, -0.15) is 9.78 Å². The summed E-state index contributed by atoms with van der Waals surface area (Å²) in [4.78, 5) is 17.9. The molecule has 0 fully saturated rings. The van der Waals surface area contributed by atoms with Crippen LogP contribution in [-0.2, 0) is 0 Å². The van der Waals surface area contributed by atoms with Crippen molar-refractivity contribution in [3.63, 3.8) is 0 Å². The van der Waals surface area contributed by atoms with E-state index in [1.807, 2.05) is 79.0 Å². The third-order valence-corrected chi connectivity index (χ3v) is 6.28. The number of rotatable bonds is 6. The van der Waals surface area contributed by atoms with Crippen LogP contribution >= 0.6 is 11.3 Å². The molecule has 7 nitrogen and oxygen atoms in total. The normalized spacial score (nSPS) is 10.9. The lowest BCUT2D eigenvalue weighted by Gasteiger charge is -2.09. The Bertz CT molecular complexity index is 1500. The molecule has 0 bridgehead atoms. The monoisotopic (exact) mass is 470 g/mol. The number of hydrogen-bond acceptors (Lipinski definition) is 6. The van der Waals surface area contributed by atoms with Crippen LogP contribution in [0, 0.1) is 6.92 Å². The minimum Gasteiger partial charge on any atom is -0.493 e. The molecule has 0 unspecified atom stereocenters. The third kappa shape index (κ3) is 3.99. The molecule has 1 amide bonds. The van der Waals surface area contributed by atoms with Crippen LogP contribution in [0.2, 0.25) is 0 Å². The summed E-state index contributed by atoms with van der Waals surface area (Å²) in [6.45, 7) is 1.88. The van der Waals surface area contributed by atoms with Crippen molar-refractivity contribution in [2.24, 2.45) is 0 Å². The average Bonchev–Trinajstić information content (AvgIpc) is 3.49. The standard InChI is InChI=1S/C26H22N4O3S/c1-16-13-24(28-25(31)20-10-6-8-17-7-4-5-9-19(17)20)30(29-16)26-27-21(15-34-26)18-11-12-22(32-2)23(14-18)33-3/h4-15H,1-3H3,(H,28,31). The van der Waals surface area contributed by atoms with Crippen molar-refractivity contribution in [2.75, 3.05) is 19.5 Å². The molecule has 3 aromatic carbocycles. The number of nitrogens with zero attached hydrogens (tertiary/aromatic N) is 3.